The average Bonchev–Trinajstić information content (AvgIpc) is 2.17. The number of carboxylic acids is 2. The number of carboxylic acid groups (broad SMARTS) is 2. The molecule has 15 heavy (non-hydrogen) atoms. The van der Waals surface area contributed by atoms with Crippen molar-refractivity contribution < 1.29 is 19.8 Å². The second-order valence-electron chi connectivity index (χ2n) is 3.34. The fraction of sp³-hybridized carbons (Fsp3) is 0.778. The molecule has 1 aliphatic heterocycles. The summed E-state index contributed by atoms with van der Waals surface area (Å²) >= 11 is 0. The minimum atomic E-state index is -1.08. The SMILES string of the molecule is CN1CCNCC1.O=C(O)CCC(=O)O. The molecule has 0 aliphatic carbocycles. The first-order valence-corrected chi connectivity index (χ1v) is 4.85. The van der Waals surface area contributed by atoms with E-state index in [1.54, 1.807) is 0 Å². The molecule has 0 spiro atoms. The fourth-order valence-corrected chi connectivity index (χ4v) is 0.991. The summed E-state index contributed by atoms with van der Waals surface area (Å²) in [5.41, 5.74) is 0. The van der Waals surface area contributed by atoms with Gasteiger partial charge in [-0.15, -0.1) is 0 Å². The number of hydrogen-bond donors (Lipinski definition) is 3. The summed E-state index contributed by atoms with van der Waals surface area (Å²) < 4.78 is 0. The van der Waals surface area contributed by atoms with Crippen LogP contribution in [0.3, 0.4) is 0 Å². The van der Waals surface area contributed by atoms with Crippen LogP contribution in [-0.4, -0.2) is 60.3 Å². The fourth-order valence-electron chi connectivity index (χ4n) is 0.991. The van der Waals surface area contributed by atoms with Crippen LogP contribution in [0.15, 0.2) is 0 Å². The second-order valence-corrected chi connectivity index (χ2v) is 3.34. The lowest BCUT2D eigenvalue weighted by atomic mass is 10.3. The van der Waals surface area contributed by atoms with E-state index in [1.165, 1.54) is 13.1 Å². The van der Waals surface area contributed by atoms with Crippen molar-refractivity contribution in [2.45, 2.75) is 12.8 Å². The third kappa shape index (κ3) is 10.8. The second kappa shape index (κ2) is 8.19. The van der Waals surface area contributed by atoms with Gasteiger partial charge in [0.1, 0.15) is 0 Å². The number of rotatable bonds is 3. The van der Waals surface area contributed by atoms with Crippen LogP contribution in [0, 0.1) is 0 Å². The van der Waals surface area contributed by atoms with Crippen LogP contribution in [-0.2, 0) is 9.59 Å². The quantitative estimate of drug-likeness (QED) is 0.589. The maximum absolute atomic E-state index is 9.64. The number of piperazine rings is 1. The van der Waals surface area contributed by atoms with E-state index in [0.29, 0.717) is 0 Å². The van der Waals surface area contributed by atoms with E-state index in [-0.39, 0.29) is 12.8 Å². The Balaban J connectivity index is 0.000000262. The Morgan fingerprint density at radius 1 is 1.13 bits per heavy atom. The third-order valence-corrected chi connectivity index (χ3v) is 1.89. The summed E-state index contributed by atoms with van der Waals surface area (Å²) in [7, 11) is 2.15. The largest absolute Gasteiger partial charge is 0.481 e. The Morgan fingerprint density at radius 3 is 1.73 bits per heavy atom. The predicted octanol–water partition coefficient (Wildman–Crippen LogP) is -0.543. The van der Waals surface area contributed by atoms with Crippen LogP contribution < -0.4 is 5.32 Å². The minimum absolute atomic E-state index is 0.296. The molecule has 0 amide bonds. The summed E-state index contributed by atoms with van der Waals surface area (Å²) in [4.78, 5) is 21.6. The van der Waals surface area contributed by atoms with Crippen molar-refractivity contribution >= 4 is 11.9 Å². The molecule has 0 aromatic heterocycles. The number of likely N-dealkylation sites (N-methyl/N-ethyl adjacent to an activating group) is 1. The van der Waals surface area contributed by atoms with Gasteiger partial charge >= 0.3 is 11.9 Å². The molecule has 1 rings (SSSR count). The zero-order valence-electron chi connectivity index (χ0n) is 8.90. The molecule has 0 aromatic carbocycles. The van der Waals surface area contributed by atoms with Crippen molar-refractivity contribution in [1.29, 1.82) is 0 Å². The number of nitrogens with one attached hydrogen (secondary N) is 1. The molecule has 1 heterocycles. The highest BCUT2D eigenvalue weighted by atomic mass is 16.4. The molecule has 0 aromatic rings. The van der Waals surface area contributed by atoms with Gasteiger partial charge in [0.25, 0.3) is 0 Å². The first kappa shape index (κ1) is 13.9. The molecule has 0 atom stereocenters. The van der Waals surface area contributed by atoms with Crippen molar-refractivity contribution in [2.24, 2.45) is 0 Å². The van der Waals surface area contributed by atoms with Gasteiger partial charge in [-0.3, -0.25) is 9.59 Å². The van der Waals surface area contributed by atoms with Gasteiger partial charge in [-0.2, -0.15) is 0 Å². The highest BCUT2D eigenvalue weighted by Crippen LogP contribution is 1.86. The monoisotopic (exact) mass is 218 g/mol. The summed E-state index contributed by atoms with van der Waals surface area (Å²) in [6.07, 6.45) is -0.593. The van der Waals surface area contributed by atoms with E-state index in [0.717, 1.165) is 13.1 Å². The third-order valence-electron chi connectivity index (χ3n) is 1.89. The van der Waals surface area contributed by atoms with E-state index >= 15 is 0 Å². The topological polar surface area (TPSA) is 89.9 Å². The van der Waals surface area contributed by atoms with Crippen molar-refractivity contribution in [2.75, 3.05) is 33.2 Å². The molecular weight excluding hydrogens is 200 g/mol. The molecule has 0 bridgehead atoms. The highest BCUT2D eigenvalue weighted by molar-refractivity contribution is 5.75. The van der Waals surface area contributed by atoms with Crippen molar-refractivity contribution in [3.8, 4) is 0 Å². The molecule has 6 nitrogen and oxygen atoms in total. The molecule has 0 saturated carbocycles. The molecule has 3 N–H and O–H groups in total. The minimum Gasteiger partial charge on any atom is -0.481 e. The Morgan fingerprint density at radius 2 is 1.53 bits per heavy atom. The van der Waals surface area contributed by atoms with E-state index in [2.05, 4.69) is 17.3 Å². The zero-order chi connectivity index (χ0) is 11.7. The Labute approximate surface area is 88.9 Å². The standard InChI is InChI=1S/C5H12N2.C4H6O4/c1-7-4-2-6-3-5-7;5-3(6)1-2-4(7)8/h6H,2-5H2,1H3;1-2H2,(H,5,6)(H,7,8). The summed E-state index contributed by atoms with van der Waals surface area (Å²) in [6, 6.07) is 0. The van der Waals surface area contributed by atoms with Crippen LogP contribution in [0.2, 0.25) is 0 Å². The molecule has 1 saturated heterocycles. The lowest BCUT2D eigenvalue weighted by Gasteiger charge is -2.21. The maximum Gasteiger partial charge on any atom is 0.303 e. The molecule has 6 heteroatoms. The maximum atomic E-state index is 9.64. The Kier molecular flexibility index (Phi) is 7.57. The summed E-state index contributed by atoms with van der Waals surface area (Å²) in [5, 5.41) is 19.1. The van der Waals surface area contributed by atoms with Crippen LogP contribution >= 0.6 is 0 Å². The Bertz CT molecular complexity index is 188. The van der Waals surface area contributed by atoms with E-state index < -0.39 is 11.9 Å². The highest BCUT2D eigenvalue weighted by Gasteiger charge is 2.01. The molecule has 1 aliphatic rings. The van der Waals surface area contributed by atoms with E-state index in [1.807, 2.05) is 0 Å². The smallest absolute Gasteiger partial charge is 0.303 e. The van der Waals surface area contributed by atoms with Crippen LogP contribution in [0.25, 0.3) is 0 Å². The molecule has 0 unspecified atom stereocenters. The number of hydrogen-bond acceptors (Lipinski definition) is 4. The molecule has 0 radical (unpaired) electrons. The molecule has 88 valence electrons. The summed E-state index contributed by atoms with van der Waals surface area (Å²) in [5.74, 6) is -2.15. The lowest BCUT2D eigenvalue weighted by molar-refractivity contribution is -0.143. The van der Waals surface area contributed by atoms with E-state index in [9.17, 15) is 9.59 Å². The molecular formula is C9H18N2O4. The van der Waals surface area contributed by atoms with Crippen LogP contribution in [0.4, 0.5) is 0 Å². The lowest BCUT2D eigenvalue weighted by Crippen LogP contribution is -2.40. The zero-order valence-corrected chi connectivity index (χ0v) is 8.90. The van der Waals surface area contributed by atoms with Gasteiger partial charge in [0.05, 0.1) is 12.8 Å². The number of aliphatic carboxylic acids is 2. The van der Waals surface area contributed by atoms with Crippen LogP contribution in [0.5, 0.6) is 0 Å². The van der Waals surface area contributed by atoms with Gasteiger partial charge in [-0.05, 0) is 7.05 Å². The van der Waals surface area contributed by atoms with Gasteiger partial charge in [0.2, 0.25) is 0 Å². The van der Waals surface area contributed by atoms with Gasteiger partial charge < -0.3 is 20.4 Å². The first-order chi connectivity index (χ1) is 7.02. The number of nitrogens with zero attached hydrogens (tertiary/aromatic N) is 1. The Hall–Kier alpha value is -1.14. The predicted molar refractivity (Wildman–Crippen MR) is 54.9 cm³/mol. The first-order valence-electron chi connectivity index (χ1n) is 4.85. The normalized spacial score (nSPS) is 16.3. The van der Waals surface area contributed by atoms with Crippen molar-refractivity contribution in [3.63, 3.8) is 0 Å². The van der Waals surface area contributed by atoms with Crippen molar-refractivity contribution in [1.82, 2.24) is 10.2 Å². The summed E-state index contributed by atoms with van der Waals surface area (Å²) in [6.45, 7) is 4.74. The van der Waals surface area contributed by atoms with Gasteiger partial charge in [0.15, 0.2) is 0 Å². The van der Waals surface area contributed by atoms with E-state index in [4.69, 9.17) is 10.2 Å². The number of carbonyl (C=O) groups is 2. The van der Waals surface area contributed by atoms with Gasteiger partial charge in [-0.25, -0.2) is 0 Å². The van der Waals surface area contributed by atoms with Gasteiger partial charge in [-0.1, -0.05) is 0 Å². The molecule has 1 fully saturated rings. The van der Waals surface area contributed by atoms with Crippen LogP contribution in [0.1, 0.15) is 12.8 Å². The van der Waals surface area contributed by atoms with Crippen molar-refractivity contribution in [3.05, 3.63) is 0 Å². The van der Waals surface area contributed by atoms with Gasteiger partial charge in [0, 0.05) is 26.2 Å². The average molecular weight is 218 g/mol.